The van der Waals surface area contributed by atoms with Crippen LogP contribution in [0.15, 0.2) is 0 Å². The van der Waals surface area contributed by atoms with Crippen LogP contribution in [0.1, 0.15) is 0 Å². The number of nitrogens with zero attached hydrogens (tertiary/aromatic N) is 2. The van der Waals surface area contributed by atoms with E-state index >= 15 is 0 Å². The molecule has 0 unspecified atom stereocenters. The first-order valence-corrected chi connectivity index (χ1v) is 1.15. The third-order valence-electron chi connectivity index (χ3n) is 0. The molecule has 0 N–H and O–H groups in total. The molecule has 0 aromatic heterocycles. The van der Waals surface area contributed by atoms with E-state index in [1.165, 1.54) is 12.1 Å². The van der Waals surface area contributed by atoms with Gasteiger partial charge in [0.2, 0.25) is 0 Å². The van der Waals surface area contributed by atoms with Crippen molar-refractivity contribution in [3.63, 3.8) is 0 Å². The van der Waals surface area contributed by atoms with Crippen molar-refractivity contribution in [2.75, 3.05) is 0 Å². The van der Waals surface area contributed by atoms with Gasteiger partial charge in [0.25, 0.3) is 0 Å². The summed E-state index contributed by atoms with van der Waals surface area (Å²) in [5.41, 5.74) is 0. The van der Waals surface area contributed by atoms with Gasteiger partial charge in [0.15, 0.2) is 0 Å². The van der Waals surface area contributed by atoms with Crippen LogP contribution >= 0.6 is 0 Å². The van der Waals surface area contributed by atoms with Gasteiger partial charge in [0, 0.05) is 0 Å². The second-order valence-corrected chi connectivity index (χ2v) is 0.316. The fraction of sp³-hybridized carbons (Fsp3) is 0. The largest absolute Gasteiger partial charge is 2.00 e. The minimum Gasteiger partial charge on any atom is -0.305 e. The second kappa shape index (κ2) is 54.1. The Morgan fingerprint density at radius 3 is 1.00 bits per heavy atom. The monoisotopic (exact) mass is 186 g/mol. The molecule has 0 aromatic carbocycles. The van der Waals surface area contributed by atoms with Gasteiger partial charge in [0.1, 0.15) is 0 Å². The van der Waals surface area contributed by atoms with Crippen LogP contribution in [0, 0.1) is 36.5 Å². The molecule has 0 aliphatic carbocycles. The van der Waals surface area contributed by atoms with Crippen LogP contribution in [0.4, 0.5) is 0 Å². The van der Waals surface area contributed by atoms with E-state index in [1.54, 1.807) is 0 Å². The van der Waals surface area contributed by atoms with E-state index in [1.807, 2.05) is 0 Å². The molecule has 0 aliphatic rings. The molecule has 7 heavy (non-hydrogen) atoms. The second-order valence-electron chi connectivity index (χ2n) is 0.316. The van der Waals surface area contributed by atoms with Gasteiger partial charge in [-0.1, -0.05) is 0 Å². The predicted molar refractivity (Wildman–Crippen MR) is 21.9 cm³/mol. The van der Waals surface area contributed by atoms with Crippen molar-refractivity contribution < 1.29 is 20.4 Å². The molecule has 0 amide bonds. The number of nitriles is 2. The molecule has 2 nitrogen and oxygen atoms in total. The summed E-state index contributed by atoms with van der Waals surface area (Å²) in [6.07, 6.45) is 0. The van der Waals surface area contributed by atoms with Gasteiger partial charge in [0.05, 0.1) is 0 Å². The molecule has 0 heterocycles. The number of hydrogen-bond donors (Lipinski definition) is 0. The number of rotatable bonds is 0. The van der Waals surface area contributed by atoms with E-state index in [0.29, 0.717) is 0 Å². The first-order valence-electron chi connectivity index (χ1n) is 1.15. The molecule has 0 spiro atoms. The first kappa shape index (κ1) is 16.2. The topological polar surface area (TPSA) is 47.6 Å². The standard InChI is InChI=1S/2C2H2N.Pd/c2*1-2-3;/h2*1H2;/q2*-1;+2. The van der Waals surface area contributed by atoms with Crippen LogP contribution in [0.25, 0.3) is 0 Å². The Hall–Kier alpha value is -0.618. The summed E-state index contributed by atoms with van der Waals surface area (Å²) in [7, 11) is 0. The van der Waals surface area contributed by atoms with Crippen molar-refractivity contribution in [1.29, 1.82) is 10.5 Å². The van der Waals surface area contributed by atoms with Gasteiger partial charge < -0.3 is 13.8 Å². The summed E-state index contributed by atoms with van der Waals surface area (Å²) < 4.78 is 0. The zero-order valence-corrected chi connectivity index (χ0v) is 5.18. The Balaban J connectivity index is -0.0000000400. The molecule has 0 bridgehead atoms. The number of hydrogen-bond acceptors (Lipinski definition) is 2. The van der Waals surface area contributed by atoms with Crippen molar-refractivity contribution in [2.24, 2.45) is 0 Å². The molecule has 0 rings (SSSR count). The van der Waals surface area contributed by atoms with Crippen molar-refractivity contribution in [1.82, 2.24) is 0 Å². The Morgan fingerprint density at radius 2 is 1.00 bits per heavy atom. The maximum atomic E-state index is 7.21. The SMILES string of the molecule is [CH2-]C#N.[CH2-]C#N.[Pd+2]. The summed E-state index contributed by atoms with van der Waals surface area (Å²) >= 11 is 0. The molecule has 0 fully saturated rings. The average molecular weight is 187 g/mol. The van der Waals surface area contributed by atoms with Crippen LogP contribution < -0.4 is 0 Å². The molecule has 40 valence electrons. The Labute approximate surface area is 57.4 Å². The molecule has 0 radical (unpaired) electrons. The predicted octanol–water partition coefficient (Wildman–Crippen LogP) is 0.686. The van der Waals surface area contributed by atoms with E-state index < -0.39 is 0 Å². The maximum Gasteiger partial charge on any atom is 2.00 e. The Morgan fingerprint density at radius 1 is 1.00 bits per heavy atom. The Kier molecular flexibility index (Phi) is 125. The zero-order chi connectivity index (χ0) is 5.41. The van der Waals surface area contributed by atoms with Crippen molar-refractivity contribution in [3.05, 3.63) is 13.8 Å². The quantitative estimate of drug-likeness (QED) is 0.413. The van der Waals surface area contributed by atoms with Crippen LogP contribution in [-0.2, 0) is 20.4 Å². The van der Waals surface area contributed by atoms with E-state index in [4.69, 9.17) is 10.5 Å². The molecule has 0 aromatic rings. The third kappa shape index (κ3) is 161. The Bertz CT molecular complexity index is 64.7. The van der Waals surface area contributed by atoms with E-state index in [2.05, 4.69) is 13.8 Å². The van der Waals surface area contributed by atoms with Crippen LogP contribution in [0.3, 0.4) is 0 Å². The summed E-state index contributed by atoms with van der Waals surface area (Å²) in [6.45, 7) is 5.58. The van der Waals surface area contributed by atoms with Gasteiger partial charge >= 0.3 is 20.4 Å². The van der Waals surface area contributed by atoms with Crippen molar-refractivity contribution in [3.8, 4) is 12.1 Å². The van der Waals surface area contributed by atoms with Crippen LogP contribution in [0.5, 0.6) is 0 Å². The van der Waals surface area contributed by atoms with Gasteiger partial charge in [-0.25, -0.2) is 10.5 Å². The van der Waals surface area contributed by atoms with Crippen LogP contribution in [0.2, 0.25) is 0 Å². The normalized spacial score (nSPS) is 2.00. The summed E-state index contributed by atoms with van der Waals surface area (Å²) in [5.74, 6) is 0. The average Bonchev–Trinajstić information content (AvgIpc) is 1.39. The molecule has 0 saturated carbocycles. The molecule has 0 saturated heterocycles. The fourth-order valence-electron chi connectivity index (χ4n) is 0. The maximum absolute atomic E-state index is 7.21. The molecular formula is C4H4N2Pd. The molecular weight excluding hydrogens is 182 g/mol. The molecule has 0 atom stereocenters. The zero-order valence-electron chi connectivity index (χ0n) is 3.62. The minimum absolute atomic E-state index is 0. The van der Waals surface area contributed by atoms with E-state index in [0.717, 1.165) is 0 Å². The van der Waals surface area contributed by atoms with Crippen molar-refractivity contribution in [2.45, 2.75) is 0 Å². The third-order valence-corrected chi connectivity index (χ3v) is 0. The van der Waals surface area contributed by atoms with E-state index in [-0.39, 0.29) is 20.4 Å². The summed E-state index contributed by atoms with van der Waals surface area (Å²) in [6, 6.07) is 3.00. The summed E-state index contributed by atoms with van der Waals surface area (Å²) in [5, 5.41) is 14.4. The fourth-order valence-corrected chi connectivity index (χ4v) is 0. The molecule has 0 aliphatic heterocycles. The van der Waals surface area contributed by atoms with Gasteiger partial charge in [-0.2, -0.15) is 0 Å². The van der Waals surface area contributed by atoms with Crippen molar-refractivity contribution >= 4 is 0 Å². The van der Waals surface area contributed by atoms with Crippen LogP contribution in [-0.4, -0.2) is 0 Å². The van der Waals surface area contributed by atoms with Gasteiger partial charge in [-0.05, 0) is 0 Å². The summed E-state index contributed by atoms with van der Waals surface area (Å²) in [4.78, 5) is 0. The first-order chi connectivity index (χ1) is 2.83. The smallest absolute Gasteiger partial charge is 0.305 e. The van der Waals surface area contributed by atoms with Gasteiger partial charge in [-0.3, -0.25) is 0 Å². The molecule has 3 heteroatoms. The minimum atomic E-state index is 0. The van der Waals surface area contributed by atoms with E-state index in [9.17, 15) is 0 Å². The van der Waals surface area contributed by atoms with Gasteiger partial charge in [-0.15, -0.1) is 12.1 Å².